The molecule has 1 aromatic heterocycles. The molecule has 0 aliphatic carbocycles. The zero-order valence-electron chi connectivity index (χ0n) is 7.65. The van der Waals surface area contributed by atoms with Gasteiger partial charge in [0.15, 0.2) is 0 Å². The maximum absolute atomic E-state index is 8.70. The third-order valence-electron chi connectivity index (χ3n) is 1.49. The van der Waals surface area contributed by atoms with E-state index in [1.54, 1.807) is 6.07 Å². The van der Waals surface area contributed by atoms with Gasteiger partial charge in [0.25, 0.3) is 0 Å². The summed E-state index contributed by atoms with van der Waals surface area (Å²) < 4.78 is 9.79. The molecule has 0 saturated heterocycles. The Labute approximate surface area is 76.4 Å². The minimum atomic E-state index is 0.0450. The highest BCUT2D eigenvalue weighted by Gasteiger charge is 2.03. The van der Waals surface area contributed by atoms with Crippen molar-refractivity contribution >= 4 is 0 Å². The van der Waals surface area contributed by atoms with Gasteiger partial charge in [0.1, 0.15) is 0 Å². The van der Waals surface area contributed by atoms with Crippen molar-refractivity contribution < 1.29 is 14.6 Å². The topological polar surface area (TPSA) is 64.5 Å². The second-order valence-electron chi connectivity index (χ2n) is 2.36. The van der Waals surface area contributed by atoms with Crippen molar-refractivity contribution in [2.24, 2.45) is 0 Å². The van der Waals surface area contributed by atoms with E-state index in [2.05, 4.69) is 9.97 Å². The van der Waals surface area contributed by atoms with Crippen LogP contribution in [0.3, 0.4) is 0 Å². The van der Waals surface area contributed by atoms with Crippen LogP contribution < -0.4 is 9.47 Å². The SMILES string of the molecule is COc1cc(CCO)nc(OC)n1. The molecular weight excluding hydrogens is 172 g/mol. The molecule has 1 rings (SSSR count). The zero-order chi connectivity index (χ0) is 9.68. The van der Waals surface area contributed by atoms with Gasteiger partial charge in [0.2, 0.25) is 5.88 Å². The first-order valence-corrected chi connectivity index (χ1v) is 3.87. The first-order valence-electron chi connectivity index (χ1n) is 3.87. The molecule has 0 radical (unpaired) electrons. The molecule has 5 heteroatoms. The van der Waals surface area contributed by atoms with E-state index in [1.807, 2.05) is 0 Å². The molecule has 0 bridgehead atoms. The predicted octanol–water partition coefficient (Wildman–Crippen LogP) is 0.0286. The highest BCUT2D eigenvalue weighted by Crippen LogP contribution is 2.13. The average molecular weight is 184 g/mol. The summed E-state index contributed by atoms with van der Waals surface area (Å²) in [6.07, 6.45) is 0.468. The van der Waals surface area contributed by atoms with Crippen molar-refractivity contribution in [2.75, 3.05) is 20.8 Å². The van der Waals surface area contributed by atoms with Crippen LogP contribution in [0.25, 0.3) is 0 Å². The Kier molecular flexibility index (Phi) is 3.45. The summed E-state index contributed by atoms with van der Waals surface area (Å²) in [5, 5.41) is 8.70. The molecule has 5 nitrogen and oxygen atoms in total. The Bertz CT molecular complexity index is 256. The fraction of sp³-hybridized carbons (Fsp3) is 0.500. The lowest BCUT2D eigenvalue weighted by atomic mass is 10.3. The highest BCUT2D eigenvalue weighted by atomic mass is 16.5. The number of rotatable bonds is 4. The van der Waals surface area contributed by atoms with E-state index in [4.69, 9.17) is 14.6 Å². The fourth-order valence-electron chi connectivity index (χ4n) is 0.888. The molecule has 72 valence electrons. The number of hydrogen-bond acceptors (Lipinski definition) is 5. The number of nitrogens with zero attached hydrogens (tertiary/aromatic N) is 2. The minimum absolute atomic E-state index is 0.0450. The summed E-state index contributed by atoms with van der Waals surface area (Å²) in [6.45, 7) is 0.0450. The summed E-state index contributed by atoms with van der Waals surface area (Å²) in [5.41, 5.74) is 0.700. The summed E-state index contributed by atoms with van der Waals surface area (Å²) in [7, 11) is 3.00. The van der Waals surface area contributed by atoms with Gasteiger partial charge >= 0.3 is 6.01 Å². The Morgan fingerprint density at radius 1 is 1.31 bits per heavy atom. The highest BCUT2D eigenvalue weighted by molar-refractivity contribution is 5.18. The summed E-state index contributed by atoms with van der Waals surface area (Å²) in [4.78, 5) is 7.93. The van der Waals surface area contributed by atoms with Gasteiger partial charge in [-0.25, -0.2) is 0 Å². The van der Waals surface area contributed by atoms with Gasteiger partial charge in [0.05, 0.1) is 19.9 Å². The van der Waals surface area contributed by atoms with Gasteiger partial charge < -0.3 is 14.6 Å². The van der Waals surface area contributed by atoms with E-state index in [0.717, 1.165) is 0 Å². The summed E-state index contributed by atoms with van der Waals surface area (Å²) in [6, 6.07) is 1.92. The second kappa shape index (κ2) is 4.61. The number of aromatic nitrogens is 2. The van der Waals surface area contributed by atoms with Crippen LogP contribution in [0.2, 0.25) is 0 Å². The fourth-order valence-corrected chi connectivity index (χ4v) is 0.888. The van der Waals surface area contributed by atoms with Crippen LogP contribution in [-0.4, -0.2) is 35.9 Å². The largest absolute Gasteiger partial charge is 0.481 e. The summed E-state index contributed by atoms with van der Waals surface area (Å²) >= 11 is 0. The molecule has 1 aromatic rings. The van der Waals surface area contributed by atoms with Gasteiger partial charge in [-0.3, -0.25) is 0 Å². The molecule has 0 aromatic carbocycles. The van der Waals surface area contributed by atoms with Crippen molar-refractivity contribution in [2.45, 2.75) is 6.42 Å². The van der Waals surface area contributed by atoms with Crippen LogP contribution in [0.1, 0.15) is 5.69 Å². The molecule has 0 fully saturated rings. The maximum Gasteiger partial charge on any atom is 0.319 e. The molecule has 0 amide bonds. The molecule has 0 saturated carbocycles. The van der Waals surface area contributed by atoms with Gasteiger partial charge in [-0.1, -0.05) is 0 Å². The lowest BCUT2D eigenvalue weighted by Gasteiger charge is -2.04. The maximum atomic E-state index is 8.70. The standard InChI is InChI=1S/C8H12N2O3/c1-12-7-5-6(3-4-11)9-8(10-7)13-2/h5,11H,3-4H2,1-2H3. The van der Waals surface area contributed by atoms with Crippen molar-refractivity contribution in [3.63, 3.8) is 0 Å². The molecule has 0 aliphatic rings. The zero-order valence-corrected chi connectivity index (χ0v) is 7.65. The van der Waals surface area contributed by atoms with E-state index in [9.17, 15) is 0 Å². The number of aliphatic hydroxyl groups is 1. The van der Waals surface area contributed by atoms with E-state index in [1.165, 1.54) is 14.2 Å². The Balaban J connectivity index is 2.93. The number of aliphatic hydroxyl groups excluding tert-OH is 1. The molecule has 13 heavy (non-hydrogen) atoms. The number of ether oxygens (including phenoxy) is 2. The first kappa shape index (κ1) is 9.73. The van der Waals surface area contributed by atoms with E-state index >= 15 is 0 Å². The van der Waals surface area contributed by atoms with E-state index < -0.39 is 0 Å². The lowest BCUT2D eigenvalue weighted by Crippen LogP contribution is -2.01. The van der Waals surface area contributed by atoms with Crippen LogP contribution in [0.15, 0.2) is 6.07 Å². The van der Waals surface area contributed by atoms with Crippen LogP contribution in [0.5, 0.6) is 11.9 Å². The van der Waals surface area contributed by atoms with Gasteiger partial charge in [-0.15, -0.1) is 0 Å². The van der Waals surface area contributed by atoms with Crippen molar-refractivity contribution in [3.8, 4) is 11.9 Å². The van der Waals surface area contributed by atoms with Crippen LogP contribution in [0.4, 0.5) is 0 Å². The number of hydrogen-bond donors (Lipinski definition) is 1. The van der Waals surface area contributed by atoms with Gasteiger partial charge in [-0.05, 0) is 0 Å². The third-order valence-corrected chi connectivity index (χ3v) is 1.49. The average Bonchev–Trinajstić information content (AvgIpc) is 2.17. The van der Waals surface area contributed by atoms with Crippen molar-refractivity contribution in [3.05, 3.63) is 11.8 Å². The van der Waals surface area contributed by atoms with Crippen LogP contribution in [-0.2, 0) is 6.42 Å². The monoisotopic (exact) mass is 184 g/mol. The normalized spacial score (nSPS) is 9.77. The van der Waals surface area contributed by atoms with Gasteiger partial charge in [0, 0.05) is 19.1 Å². The number of methoxy groups -OCH3 is 2. The predicted molar refractivity (Wildman–Crippen MR) is 45.9 cm³/mol. The molecule has 0 spiro atoms. The Hall–Kier alpha value is -1.36. The smallest absolute Gasteiger partial charge is 0.319 e. The molecule has 0 unspecified atom stereocenters. The van der Waals surface area contributed by atoms with Crippen molar-refractivity contribution in [1.82, 2.24) is 9.97 Å². The van der Waals surface area contributed by atoms with Crippen molar-refractivity contribution in [1.29, 1.82) is 0 Å². The molecule has 0 atom stereocenters. The van der Waals surface area contributed by atoms with Gasteiger partial charge in [-0.2, -0.15) is 9.97 Å². The molecule has 1 heterocycles. The Morgan fingerprint density at radius 3 is 2.62 bits per heavy atom. The third kappa shape index (κ3) is 2.55. The van der Waals surface area contributed by atoms with Crippen LogP contribution in [0, 0.1) is 0 Å². The van der Waals surface area contributed by atoms with Crippen LogP contribution >= 0.6 is 0 Å². The Morgan fingerprint density at radius 2 is 2.08 bits per heavy atom. The van der Waals surface area contributed by atoms with E-state index in [-0.39, 0.29) is 12.6 Å². The minimum Gasteiger partial charge on any atom is -0.481 e. The molecule has 1 N–H and O–H groups in total. The molecular formula is C8H12N2O3. The summed E-state index contributed by atoms with van der Waals surface area (Å²) in [5.74, 6) is 0.440. The van der Waals surface area contributed by atoms with E-state index in [0.29, 0.717) is 18.0 Å². The lowest BCUT2D eigenvalue weighted by molar-refractivity contribution is 0.295. The quantitative estimate of drug-likeness (QED) is 0.715. The molecule has 0 aliphatic heterocycles. The first-order chi connectivity index (χ1) is 6.30. The second-order valence-corrected chi connectivity index (χ2v) is 2.36.